The quantitative estimate of drug-likeness (QED) is 0.912. The van der Waals surface area contributed by atoms with Gasteiger partial charge in [0.2, 0.25) is 0 Å². The lowest BCUT2D eigenvalue weighted by Crippen LogP contribution is -2.35. The minimum Gasteiger partial charge on any atom is -0.459 e. The standard InChI is InChI=1S/C15H20N2O2/c1-16-10-13-12-4-2-3-5-14(12)19-15(13)11-17-6-8-18-9-7-17/h2-5,16H,6-11H2,1H3. The Kier molecular flexibility index (Phi) is 3.82. The number of benzene rings is 1. The van der Waals surface area contributed by atoms with E-state index < -0.39 is 0 Å². The van der Waals surface area contributed by atoms with E-state index in [2.05, 4.69) is 22.3 Å². The molecular weight excluding hydrogens is 240 g/mol. The van der Waals surface area contributed by atoms with Crippen LogP contribution in [0, 0.1) is 0 Å². The molecule has 1 aromatic heterocycles. The number of ether oxygens (including phenoxy) is 1. The number of para-hydroxylation sites is 1. The summed E-state index contributed by atoms with van der Waals surface area (Å²) < 4.78 is 11.4. The van der Waals surface area contributed by atoms with Crippen LogP contribution in [0.1, 0.15) is 11.3 Å². The Morgan fingerprint density at radius 3 is 2.79 bits per heavy atom. The van der Waals surface area contributed by atoms with E-state index in [-0.39, 0.29) is 0 Å². The number of hydrogen-bond acceptors (Lipinski definition) is 4. The van der Waals surface area contributed by atoms with Crippen LogP contribution in [0.3, 0.4) is 0 Å². The first-order chi connectivity index (χ1) is 9.38. The zero-order valence-corrected chi connectivity index (χ0v) is 11.3. The van der Waals surface area contributed by atoms with E-state index in [0.717, 1.165) is 50.7 Å². The molecule has 2 aromatic rings. The molecule has 1 saturated heterocycles. The molecule has 0 saturated carbocycles. The van der Waals surface area contributed by atoms with Crippen molar-refractivity contribution in [2.24, 2.45) is 0 Å². The fraction of sp³-hybridized carbons (Fsp3) is 0.467. The van der Waals surface area contributed by atoms with Crippen LogP contribution in [-0.2, 0) is 17.8 Å². The van der Waals surface area contributed by atoms with E-state index in [1.165, 1.54) is 10.9 Å². The minimum atomic E-state index is 0.821. The molecule has 0 bridgehead atoms. The lowest BCUT2D eigenvalue weighted by molar-refractivity contribution is 0.0314. The van der Waals surface area contributed by atoms with Crippen LogP contribution in [-0.4, -0.2) is 38.3 Å². The summed E-state index contributed by atoms with van der Waals surface area (Å²) in [6.45, 7) is 5.32. The maximum Gasteiger partial charge on any atom is 0.134 e. The van der Waals surface area contributed by atoms with Crippen LogP contribution >= 0.6 is 0 Å². The van der Waals surface area contributed by atoms with Gasteiger partial charge in [-0.25, -0.2) is 0 Å². The van der Waals surface area contributed by atoms with Crippen molar-refractivity contribution in [1.29, 1.82) is 0 Å². The van der Waals surface area contributed by atoms with Crippen LogP contribution in [0.15, 0.2) is 28.7 Å². The molecule has 19 heavy (non-hydrogen) atoms. The van der Waals surface area contributed by atoms with Gasteiger partial charge in [0.1, 0.15) is 11.3 Å². The number of hydrogen-bond donors (Lipinski definition) is 1. The van der Waals surface area contributed by atoms with E-state index in [1.807, 2.05) is 19.2 Å². The van der Waals surface area contributed by atoms with Crippen molar-refractivity contribution in [2.75, 3.05) is 33.4 Å². The molecule has 1 aliphatic heterocycles. The van der Waals surface area contributed by atoms with Gasteiger partial charge < -0.3 is 14.5 Å². The molecule has 0 spiro atoms. The Morgan fingerprint density at radius 2 is 2.00 bits per heavy atom. The smallest absolute Gasteiger partial charge is 0.134 e. The van der Waals surface area contributed by atoms with Crippen LogP contribution in [0.4, 0.5) is 0 Å². The Morgan fingerprint density at radius 1 is 1.21 bits per heavy atom. The molecule has 0 aliphatic carbocycles. The Bertz CT molecular complexity index is 544. The highest BCUT2D eigenvalue weighted by atomic mass is 16.5. The third-order valence-electron chi connectivity index (χ3n) is 3.61. The van der Waals surface area contributed by atoms with Crippen molar-refractivity contribution in [3.05, 3.63) is 35.6 Å². The fourth-order valence-electron chi connectivity index (χ4n) is 2.61. The molecule has 4 heteroatoms. The van der Waals surface area contributed by atoms with Crippen molar-refractivity contribution in [3.63, 3.8) is 0 Å². The van der Waals surface area contributed by atoms with Crippen molar-refractivity contribution in [1.82, 2.24) is 10.2 Å². The number of rotatable bonds is 4. The van der Waals surface area contributed by atoms with Gasteiger partial charge in [0.05, 0.1) is 19.8 Å². The monoisotopic (exact) mass is 260 g/mol. The summed E-state index contributed by atoms with van der Waals surface area (Å²) in [7, 11) is 1.97. The van der Waals surface area contributed by atoms with E-state index in [9.17, 15) is 0 Å². The topological polar surface area (TPSA) is 37.6 Å². The predicted molar refractivity (Wildman–Crippen MR) is 75.1 cm³/mol. The molecule has 102 valence electrons. The second kappa shape index (κ2) is 5.74. The van der Waals surface area contributed by atoms with Gasteiger partial charge in [-0.3, -0.25) is 4.90 Å². The lowest BCUT2D eigenvalue weighted by atomic mass is 10.1. The molecule has 3 rings (SSSR count). The minimum absolute atomic E-state index is 0.821. The van der Waals surface area contributed by atoms with Gasteiger partial charge in [0.25, 0.3) is 0 Å². The molecule has 0 atom stereocenters. The highest BCUT2D eigenvalue weighted by molar-refractivity contribution is 5.82. The van der Waals surface area contributed by atoms with E-state index in [4.69, 9.17) is 9.15 Å². The highest BCUT2D eigenvalue weighted by Gasteiger charge is 2.17. The van der Waals surface area contributed by atoms with Crippen molar-refractivity contribution in [3.8, 4) is 0 Å². The third-order valence-corrected chi connectivity index (χ3v) is 3.61. The van der Waals surface area contributed by atoms with Gasteiger partial charge in [-0.2, -0.15) is 0 Å². The first-order valence-electron chi connectivity index (χ1n) is 6.82. The summed E-state index contributed by atoms with van der Waals surface area (Å²) in [5, 5.41) is 4.46. The summed E-state index contributed by atoms with van der Waals surface area (Å²) in [5.41, 5.74) is 2.26. The average Bonchev–Trinajstić information content (AvgIpc) is 2.79. The number of fused-ring (bicyclic) bond motifs is 1. The first-order valence-corrected chi connectivity index (χ1v) is 6.82. The molecule has 1 aromatic carbocycles. The second-order valence-corrected chi connectivity index (χ2v) is 4.92. The largest absolute Gasteiger partial charge is 0.459 e. The first kappa shape index (κ1) is 12.7. The number of nitrogens with one attached hydrogen (secondary N) is 1. The van der Waals surface area contributed by atoms with Gasteiger partial charge in [-0.15, -0.1) is 0 Å². The Labute approximate surface area is 113 Å². The predicted octanol–water partition coefficient (Wildman–Crippen LogP) is 1.98. The average molecular weight is 260 g/mol. The SMILES string of the molecule is CNCc1c(CN2CCOCC2)oc2ccccc12. The Balaban J connectivity index is 1.90. The van der Waals surface area contributed by atoms with Gasteiger partial charge >= 0.3 is 0 Å². The summed E-state index contributed by atoms with van der Waals surface area (Å²) >= 11 is 0. The number of furan rings is 1. The Hall–Kier alpha value is -1.36. The van der Waals surface area contributed by atoms with E-state index in [1.54, 1.807) is 0 Å². The normalized spacial score (nSPS) is 17.1. The van der Waals surface area contributed by atoms with Crippen molar-refractivity contribution < 1.29 is 9.15 Å². The zero-order chi connectivity index (χ0) is 13.1. The number of morpholine rings is 1. The van der Waals surface area contributed by atoms with Crippen LogP contribution in [0.2, 0.25) is 0 Å². The van der Waals surface area contributed by atoms with Gasteiger partial charge in [-0.05, 0) is 13.1 Å². The molecule has 0 amide bonds. The summed E-state index contributed by atoms with van der Waals surface area (Å²) in [6.07, 6.45) is 0. The van der Waals surface area contributed by atoms with Gasteiger partial charge in [0, 0.05) is 30.6 Å². The summed E-state index contributed by atoms with van der Waals surface area (Å²) in [5.74, 6) is 1.08. The maximum atomic E-state index is 6.03. The van der Waals surface area contributed by atoms with Crippen LogP contribution in [0.5, 0.6) is 0 Å². The fourth-order valence-corrected chi connectivity index (χ4v) is 2.61. The van der Waals surface area contributed by atoms with Crippen molar-refractivity contribution in [2.45, 2.75) is 13.1 Å². The molecule has 1 fully saturated rings. The molecule has 0 radical (unpaired) electrons. The third kappa shape index (κ3) is 2.66. The van der Waals surface area contributed by atoms with E-state index >= 15 is 0 Å². The van der Waals surface area contributed by atoms with Gasteiger partial charge in [0.15, 0.2) is 0 Å². The second-order valence-electron chi connectivity index (χ2n) is 4.92. The molecule has 1 N–H and O–H groups in total. The number of nitrogens with zero attached hydrogens (tertiary/aromatic N) is 1. The van der Waals surface area contributed by atoms with Crippen molar-refractivity contribution >= 4 is 11.0 Å². The lowest BCUT2D eigenvalue weighted by Gasteiger charge is -2.25. The molecule has 0 unspecified atom stereocenters. The molecule has 2 heterocycles. The molecule has 1 aliphatic rings. The van der Waals surface area contributed by atoms with E-state index in [0.29, 0.717) is 0 Å². The summed E-state index contributed by atoms with van der Waals surface area (Å²) in [6, 6.07) is 8.26. The van der Waals surface area contributed by atoms with Crippen LogP contribution < -0.4 is 5.32 Å². The molecular formula is C15H20N2O2. The highest BCUT2D eigenvalue weighted by Crippen LogP contribution is 2.27. The summed E-state index contributed by atoms with van der Waals surface area (Å²) in [4.78, 5) is 2.39. The zero-order valence-electron chi connectivity index (χ0n) is 11.3. The van der Waals surface area contributed by atoms with Crippen LogP contribution in [0.25, 0.3) is 11.0 Å². The molecule has 4 nitrogen and oxygen atoms in total. The maximum absolute atomic E-state index is 6.03. The van der Waals surface area contributed by atoms with Gasteiger partial charge in [-0.1, -0.05) is 18.2 Å².